The molecule has 0 aromatic carbocycles. The van der Waals surface area contributed by atoms with Gasteiger partial charge < -0.3 is 4.90 Å². The van der Waals surface area contributed by atoms with Crippen molar-refractivity contribution in [3.05, 3.63) is 12.2 Å². The average Bonchev–Trinajstić information content (AvgIpc) is 2.02. The minimum Gasteiger partial charge on any atom is -0.309 e. The molecule has 0 fully saturated rings. The molecule has 0 aliphatic rings. The number of unbranched alkanes of at least 4 members (excludes halogenated alkanes) is 4. The van der Waals surface area contributed by atoms with E-state index < -0.39 is 0 Å². The first kappa shape index (κ1) is 11.7. The van der Waals surface area contributed by atoms with Crippen LogP contribution in [0.1, 0.15) is 39.0 Å². The first-order chi connectivity index (χ1) is 5.77. The Labute approximate surface area is 77.5 Å². The normalized spacial score (nSPS) is 11.7. The highest BCUT2D eigenvalue weighted by atomic mass is 15.0. The van der Waals surface area contributed by atoms with Crippen LogP contribution in [0.25, 0.3) is 0 Å². The van der Waals surface area contributed by atoms with Gasteiger partial charge in [-0.1, -0.05) is 25.0 Å². The smallest absolute Gasteiger partial charge is 0.00248 e. The van der Waals surface area contributed by atoms with Crippen LogP contribution in [0, 0.1) is 0 Å². The maximum Gasteiger partial charge on any atom is -0.00248 e. The highest BCUT2D eigenvalue weighted by molar-refractivity contribution is 4.76. The van der Waals surface area contributed by atoms with Crippen molar-refractivity contribution in [1.29, 1.82) is 0 Å². The van der Waals surface area contributed by atoms with Gasteiger partial charge in [-0.3, -0.25) is 0 Å². The summed E-state index contributed by atoms with van der Waals surface area (Å²) in [6.07, 6.45) is 11.1. The van der Waals surface area contributed by atoms with Gasteiger partial charge in [-0.25, -0.2) is 0 Å². The van der Waals surface area contributed by atoms with Gasteiger partial charge >= 0.3 is 0 Å². The summed E-state index contributed by atoms with van der Waals surface area (Å²) in [4.78, 5) is 2.26. The molecule has 0 heterocycles. The molecule has 12 heavy (non-hydrogen) atoms. The minimum absolute atomic E-state index is 1.24. The second kappa shape index (κ2) is 8.79. The zero-order chi connectivity index (χ0) is 9.23. The number of nitrogens with zero attached hydrogens (tertiary/aromatic N) is 1. The van der Waals surface area contributed by atoms with Crippen molar-refractivity contribution in [2.75, 3.05) is 20.6 Å². The molecule has 0 saturated heterocycles. The van der Waals surface area contributed by atoms with Crippen molar-refractivity contribution in [3.63, 3.8) is 0 Å². The maximum absolute atomic E-state index is 2.26. The van der Waals surface area contributed by atoms with E-state index in [1.165, 1.54) is 38.6 Å². The fourth-order valence-electron chi connectivity index (χ4n) is 1.21. The van der Waals surface area contributed by atoms with Gasteiger partial charge in [0.05, 0.1) is 0 Å². The Balaban J connectivity index is 2.91. The molecule has 0 aromatic rings. The lowest BCUT2D eigenvalue weighted by molar-refractivity contribution is 0.390. The van der Waals surface area contributed by atoms with Crippen LogP contribution in [-0.2, 0) is 0 Å². The van der Waals surface area contributed by atoms with E-state index in [0.717, 1.165) is 0 Å². The van der Waals surface area contributed by atoms with Crippen LogP contribution in [0.4, 0.5) is 0 Å². The molecule has 0 unspecified atom stereocenters. The summed E-state index contributed by atoms with van der Waals surface area (Å²) in [5, 5.41) is 0. The fraction of sp³-hybridized carbons (Fsp3) is 0.818. The Bertz CT molecular complexity index is 106. The lowest BCUT2D eigenvalue weighted by Gasteiger charge is -2.07. The van der Waals surface area contributed by atoms with Crippen molar-refractivity contribution in [2.24, 2.45) is 0 Å². The highest BCUT2D eigenvalue weighted by Crippen LogP contribution is 2.03. The lowest BCUT2D eigenvalue weighted by atomic mass is 10.1. The topological polar surface area (TPSA) is 3.24 Å². The maximum atomic E-state index is 2.26. The van der Waals surface area contributed by atoms with Gasteiger partial charge in [0.2, 0.25) is 0 Å². The molecule has 72 valence electrons. The molecule has 0 rings (SSSR count). The first-order valence-electron chi connectivity index (χ1n) is 5.03. The van der Waals surface area contributed by atoms with E-state index in [-0.39, 0.29) is 0 Å². The molecule has 0 aromatic heterocycles. The summed E-state index contributed by atoms with van der Waals surface area (Å²) in [5.41, 5.74) is 0. The molecule has 1 nitrogen and oxygen atoms in total. The summed E-state index contributed by atoms with van der Waals surface area (Å²) >= 11 is 0. The molecule has 0 radical (unpaired) electrons. The molecule has 0 saturated carbocycles. The molecule has 0 spiro atoms. The zero-order valence-electron chi connectivity index (χ0n) is 8.84. The predicted octanol–water partition coefficient (Wildman–Crippen LogP) is 3.07. The first-order valence-corrected chi connectivity index (χ1v) is 5.03. The number of hydrogen-bond acceptors (Lipinski definition) is 1. The van der Waals surface area contributed by atoms with E-state index in [2.05, 4.69) is 38.1 Å². The Kier molecular flexibility index (Phi) is 8.57. The Hall–Kier alpha value is -0.300. The Morgan fingerprint density at radius 2 is 1.67 bits per heavy atom. The zero-order valence-corrected chi connectivity index (χ0v) is 8.84. The van der Waals surface area contributed by atoms with Crippen molar-refractivity contribution >= 4 is 0 Å². The predicted molar refractivity (Wildman–Crippen MR) is 56.5 cm³/mol. The van der Waals surface area contributed by atoms with Gasteiger partial charge in [0.25, 0.3) is 0 Å². The minimum atomic E-state index is 1.24. The Morgan fingerprint density at radius 1 is 1.00 bits per heavy atom. The van der Waals surface area contributed by atoms with Crippen LogP contribution in [0.15, 0.2) is 12.2 Å². The molecule has 0 amide bonds. The third kappa shape index (κ3) is 9.70. The quantitative estimate of drug-likeness (QED) is 0.418. The lowest BCUT2D eigenvalue weighted by Crippen LogP contribution is -2.12. The van der Waals surface area contributed by atoms with Crippen molar-refractivity contribution in [3.8, 4) is 0 Å². The monoisotopic (exact) mass is 169 g/mol. The summed E-state index contributed by atoms with van der Waals surface area (Å²) in [6, 6.07) is 0. The van der Waals surface area contributed by atoms with E-state index in [9.17, 15) is 0 Å². The van der Waals surface area contributed by atoms with Gasteiger partial charge in [-0.2, -0.15) is 0 Å². The van der Waals surface area contributed by atoms with Crippen LogP contribution in [0.3, 0.4) is 0 Å². The van der Waals surface area contributed by atoms with Gasteiger partial charge in [-0.15, -0.1) is 0 Å². The third-order valence-corrected chi connectivity index (χ3v) is 1.96. The second-order valence-electron chi connectivity index (χ2n) is 3.58. The molecule has 0 aliphatic heterocycles. The molecular formula is C11H23N. The molecule has 1 heteroatoms. The largest absolute Gasteiger partial charge is 0.309 e. The van der Waals surface area contributed by atoms with Gasteiger partial charge in [0.15, 0.2) is 0 Å². The SMILES string of the molecule is C/C=C/CCCCCCN(C)C. The number of rotatable bonds is 7. The Morgan fingerprint density at radius 3 is 2.25 bits per heavy atom. The summed E-state index contributed by atoms with van der Waals surface area (Å²) in [6.45, 7) is 3.33. The van der Waals surface area contributed by atoms with Gasteiger partial charge in [0, 0.05) is 0 Å². The van der Waals surface area contributed by atoms with E-state index in [4.69, 9.17) is 0 Å². The van der Waals surface area contributed by atoms with Crippen LogP contribution in [-0.4, -0.2) is 25.5 Å². The summed E-state index contributed by atoms with van der Waals surface area (Å²) < 4.78 is 0. The van der Waals surface area contributed by atoms with Gasteiger partial charge in [-0.05, 0) is 46.8 Å². The van der Waals surface area contributed by atoms with Gasteiger partial charge in [0.1, 0.15) is 0 Å². The summed E-state index contributed by atoms with van der Waals surface area (Å²) in [5.74, 6) is 0. The standard InChI is InChI=1S/C11H23N/c1-4-5-6-7-8-9-10-11-12(2)3/h4-5H,6-11H2,1-3H3/b5-4+. The van der Waals surface area contributed by atoms with Crippen LogP contribution in [0.2, 0.25) is 0 Å². The van der Waals surface area contributed by atoms with Crippen LogP contribution >= 0.6 is 0 Å². The van der Waals surface area contributed by atoms with E-state index in [0.29, 0.717) is 0 Å². The molecule has 0 bridgehead atoms. The van der Waals surface area contributed by atoms with E-state index >= 15 is 0 Å². The van der Waals surface area contributed by atoms with E-state index in [1.54, 1.807) is 0 Å². The van der Waals surface area contributed by atoms with Crippen molar-refractivity contribution < 1.29 is 0 Å². The molecule has 0 N–H and O–H groups in total. The van der Waals surface area contributed by atoms with Crippen molar-refractivity contribution in [1.82, 2.24) is 4.90 Å². The molecule has 0 aliphatic carbocycles. The molecular weight excluding hydrogens is 146 g/mol. The van der Waals surface area contributed by atoms with E-state index in [1.807, 2.05) is 0 Å². The fourth-order valence-corrected chi connectivity index (χ4v) is 1.21. The van der Waals surface area contributed by atoms with Crippen LogP contribution < -0.4 is 0 Å². The molecule has 0 atom stereocenters. The summed E-state index contributed by atoms with van der Waals surface area (Å²) in [7, 11) is 4.28. The van der Waals surface area contributed by atoms with Crippen LogP contribution in [0.5, 0.6) is 0 Å². The third-order valence-electron chi connectivity index (χ3n) is 1.96. The second-order valence-corrected chi connectivity index (χ2v) is 3.58. The van der Waals surface area contributed by atoms with Crippen molar-refractivity contribution in [2.45, 2.75) is 39.0 Å². The highest BCUT2D eigenvalue weighted by Gasteiger charge is 1.90. The average molecular weight is 169 g/mol. The number of allylic oxidation sites excluding steroid dienone is 2. The number of hydrogen-bond donors (Lipinski definition) is 0.